The van der Waals surface area contributed by atoms with E-state index in [9.17, 15) is 19.2 Å². The van der Waals surface area contributed by atoms with Crippen LogP contribution in [0.3, 0.4) is 0 Å². The van der Waals surface area contributed by atoms with Crippen LogP contribution in [0.2, 0.25) is 0 Å². The molecule has 2 aromatic heterocycles. The Labute approximate surface area is 152 Å². The number of methoxy groups -OCH3 is 1. The van der Waals surface area contributed by atoms with Crippen LogP contribution in [0.1, 0.15) is 5.56 Å². The molecule has 0 saturated carbocycles. The fraction of sp³-hybridized carbons (Fsp3) is 0.0526. The molecular formula is C19H12FN3O4. The van der Waals surface area contributed by atoms with Crippen LogP contribution in [0.5, 0.6) is 11.6 Å². The van der Waals surface area contributed by atoms with E-state index in [0.29, 0.717) is 5.65 Å². The van der Waals surface area contributed by atoms with Crippen LogP contribution >= 0.6 is 0 Å². The van der Waals surface area contributed by atoms with E-state index in [4.69, 9.17) is 4.74 Å². The summed E-state index contributed by atoms with van der Waals surface area (Å²) in [6, 6.07) is 11.7. The molecule has 0 bridgehead atoms. The van der Waals surface area contributed by atoms with Crippen molar-refractivity contribution >= 4 is 17.7 Å². The van der Waals surface area contributed by atoms with Gasteiger partial charge in [-0.3, -0.25) is 9.20 Å². The Morgan fingerprint density at radius 3 is 2.67 bits per heavy atom. The molecule has 0 unspecified atom stereocenters. The van der Waals surface area contributed by atoms with Gasteiger partial charge in [-0.05, 0) is 42.5 Å². The summed E-state index contributed by atoms with van der Waals surface area (Å²) in [5.41, 5.74) is -0.760. The van der Waals surface area contributed by atoms with Crippen molar-refractivity contribution in [2.45, 2.75) is 0 Å². The molecule has 3 aromatic rings. The number of nitriles is 1. The van der Waals surface area contributed by atoms with Gasteiger partial charge in [0.2, 0.25) is 5.88 Å². The van der Waals surface area contributed by atoms with Gasteiger partial charge in [-0.1, -0.05) is 6.07 Å². The van der Waals surface area contributed by atoms with Crippen LogP contribution in [0.4, 0.5) is 4.39 Å². The van der Waals surface area contributed by atoms with Gasteiger partial charge in [0.1, 0.15) is 34.4 Å². The van der Waals surface area contributed by atoms with E-state index in [1.165, 1.54) is 34.9 Å². The summed E-state index contributed by atoms with van der Waals surface area (Å²) in [7, 11) is 1.12. The summed E-state index contributed by atoms with van der Waals surface area (Å²) < 4.78 is 24.5. The fourth-order valence-electron chi connectivity index (χ4n) is 2.29. The van der Waals surface area contributed by atoms with Crippen LogP contribution in [0.15, 0.2) is 59.0 Å². The molecule has 7 nitrogen and oxygen atoms in total. The van der Waals surface area contributed by atoms with Crippen molar-refractivity contribution in [2.24, 2.45) is 0 Å². The maximum Gasteiger partial charge on any atom is 0.348 e. The third-order valence-electron chi connectivity index (χ3n) is 3.58. The Morgan fingerprint density at radius 2 is 2.00 bits per heavy atom. The topological polar surface area (TPSA) is 93.7 Å². The number of fused-ring (bicyclic) bond motifs is 1. The molecule has 0 radical (unpaired) electrons. The molecule has 8 heteroatoms. The Balaban J connectivity index is 2.22. The Kier molecular flexibility index (Phi) is 4.95. The standard InChI is InChI=1S/C19H12FN3O4/c1-26-19(25)12(11-21)10-15-17(27-14-7-5-13(20)6-8-14)22-16-4-2-3-9-23(16)18(15)24/h2-10H,1H3. The summed E-state index contributed by atoms with van der Waals surface area (Å²) in [4.78, 5) is 28.8. The molecule has 134 valence electrons. The Bertz CT molecular complexity index is 1140. The lowest BCUT2D eigenvalue weighted by Gasteiger charge is -2.10. The average molecular weight is 365 g/mol. The lowest BCUT2D eigenvalue weighted by atomic mass is 10.2. The molecule has 27 heavy (non-hydrogen) atoms. The lowest BCUT2D eigenvalue weighted by Crippen LogP contribution is -2.19. The normalized spacial score (nSPS) is 11.1. The largest absolute Gasteiger partial charge is 0.465 e. The van der Waals surface area contributed by atoms with Crippen molar-refractivity contribution in [3.8, 4) is 17.7 Å². The molecule has 0 aliphatic rings. The van der Waals surface area contributed by atoms with Gasteiger partial charge in [0.25, 0.3) is 5.56 Å². The summed E-state index contributed by atoms with van der Waals surface area (Å²) in [6.45, 7) is 0. The number of rotatable bonds is 4. The zero-order chi connectivity index (χ0) is 19.4. The molecule has 0 N–H and O–H groups in total. The maximum absolute atomic E-state index is 13.1. The van der Waals surface area contributed by atoms with Crippen molar-refractivity contribution in [3.63, 3.8) is 0 Å². The van der Waals surface area contributed by atoms with Crippen molar-refractivity contribution in [1.29, 1.82) is 5.26 Å². The third-order valence-corrected chi connectivity index (χ3v) is 3.58. The molecular weight excluding hydrogens is 353 g/mol. The number of pyridine rings is 1. The molecule has 0 fully saturated rings. The van der Waals surface area contributed by atoms with Gasteiger partial charge in [-0.2, -0.15) is 10.2 Å². The number of esters is 1. The van der Waals surface area contributed by atoms with Crippen molar-refractivity contribution in [3.05, 3.63) is 76.0 Å². The van der Waals surface area contributed by atoms with Gasteiger partial charge < -0.3 is 9.47 Å². The molecule has 0 aliphatic carbocycles. The molecule has 0 atom stereocenters. The zero-order valence-electron chi connectivity index (χ0n) is 14.0. The lowest BCUT2D eigenvalue weighted by molar-refractivity contribution is -0.135. The highest BCUT2D eigenvalue weighted by Gasteiger charge is 2.17. The van der Waals surface area contributed by atoms with Crippen LogP contribution in [0.25, 0.3) is 11.7 Å². The smallest absolute Gasteiger partial charge is 0.348 e. The van der Waals surface area contributed by atoms with Crippen molar-refractivity contribution < 1.29 is 18.7 Å². The number of carbonyl (C=O) groups is 1. The first-order valence-electron chi connectivity index (χ1n) is 7.68. The second-order valence-electron chi connectivity index (χ2n) is 5.28. The SMILES string of the molecule is COC(=O)C(C#N)=Cc1c(Oc2ccc(F)cc2)nc2ccccn2c1=O. The number of aromatic nitrogens is 2. The highest BCUT2D eigenvalue weighted by Crippen LogP contribution is 2.24. The minimum Gasteiger partial charge on any atom is -0.465 e. The van der Waals surface area contributed by atoms with E-state index >= 15 is 0 Å². The monoisotopic (exact) mass is 365 g/mol. The number of nitrogens with zero attached hydrogens (tertiary/aromatic N) is 3. The van der Waals surface area contributed by atoms with Crippen molar-refractivity contribution in [2.75, 3.05) is 7.11 Å². The van der Waals surface area contributed by atoms with Gasteiger partial charge in [0.05, 0.1) is 7.11 Å². The van der Waals surface area contributed by atoms with E-state index in [1.807, 2.05) is 0 Å². The van der Waals surface area contributed by atoms with Gasteiger partial charge in [0, 0.05) is 6.20 Å². The molecule has 0 amide bonds. The van der Waals surface area contributed by atoms with Crippen LogP contribution in [-0.4, -0.2) is 22.5 Å². The fourth-order valence-corrected chi connectivity index (χ4v) is 2.29. The van der Waals surface area contributed by atoms with Crippen molar-refractivity contribution in [1.82, 2.24) is 9.38 Å². The number of benzene rings is 1. The minimum absolute atomic E-state index is 0.120. The van der Waals surface area contributed by atoms with E-state index in [2.05, 4.69) is 9.72 Å². The summed E-state index contributed by atoms with van der Waals surface area (Å²) in [6.07, 6.45) is 2.55. The van der Waals surface area contributed by atoms with E-state index in [1.54, 1.807) is 24.3 Å². The first-order chi connectivity index (χ1) is 13.0. The summed E-state index contributed by atoms with van der Waals surface area (Å²) >= 11 is 0. The van der Waals surface area contributed by atoms with E-state index in [0.717, 1.165) is 13.2 Å². The van der Waals surface area contributed by atoms with Crippen LogP contribution in [-0.2, 0) is 9.53 Å². The summed E-state index contributed by atoms with van der Waals surface area (Å²) in [5, 5.41) is 9.17. The van der Waals surface area contributed by atoms with Crippen LogP contribution < -0.4 is 10.3 Å². The zero-order valence-corrected chi connectivity index (χ0v) is 14.0. The van der Waals surface area contributed by atoms with Gasteiger partial charge >= 0.3 is 5.97 Å². The van der Waals surface area contributed by atoms with Gasteiger partial charge in [-0.25, -0.2) is 9.18 Å². The molecule has 0 saturated heterocycles. The number of ether oxygens (including phenoxy) is 2. The number of halogens is 1. The Hall–Kier alpha value is -3.99. The molecule has 3 rings (SSSR count). The van der Waals surface area contributed by atoms with Gasteiger partial charge in [0.15, 0.2) is 0 Å². The van der Waals surface area contributed by atoms with E-state index < -0.39 is 22.9 Å². The highest BCUT2D eigenvalue weighted by molar-refractivity contribution is 5.98. The maximum atomic E-state index is 13.1. The second kappa shape index (κ2) is 7.49. The Morgan fingerprint density at radius 1 is 1.26 bits per heavy atom. The first kappa shape index (κ1) is 17.8. The second-order valence-corrected chi connectivity index (χ2v) is 5.28. The molecule has 1 aromatic carbocycles. The average Bonchev–Trinajstić information content (AvgIpc) is 2.69. The minimum atomic E-state index is -0.900. The predicted octanol–water partition coefficient (Wildman–Crippen LogP) is 2.71. The molecule has 2 heterocycles. The quantitative estimate of drug-likeness (QED) is 0.401. The highest BCUT2D eigenvalue weighted by atomic mass is 19.1. The predicted molar refractivity (Wildman–Crippen MR) is 93.5 cm³/mol. The number of hydrogen-bond donors (Lipinski definition) is 0. The van der Waals surface area contributed by atoms with E-state index in [-0.39, 0.29) is 17.2 Å². The summed E-state index contributed by atoms with van der Waals surface area (Å²) in [5.74, 6) is -1.25. The van der Waals surface area contributed by atoms with Gasteiger partial charge in [-0.15, -0.1) is 0 Å². The molecule has 0 aliphatic heterocycles. The number of hydrogen-bond acceptors (Lipinski definition) is 6. The number of carbonyl (C=O) groups excluding carboxylic acids is 1. The first-order valence-corrected chi connectivity index (χ1v) is 7.68. The molecule has 0 spiro atoms. The third kappa shape index (κ3) is 3.67. The van der Waals surface area contributed by atoms with Crippen LogP contribution in [0, 0.1) is 17.1 Å².